The predicted octanol–water partition coefficient (Wildman–Crippen LogP) is 2.37. The molecule has 1 saturated carbocycles. The monoisotopic (exact) mass is 171 g/mol. The van der Waals surface area contributed by atoms with E-state index in [9.17, 15) is 0 Å². The van der Waals surface area contributed by atoms with Crippen molar-refractivity contribution in [3.63, 3.8) is 0 Å². The van der Waals surface area contributed by atoms with Crippen LogP contribution in [0.4, 0.5) is 0 Å². The van der Waals surface area contributed by atoms with E-state index in [0.29, 0.717) is 5.54 Å². The van der Waals surface area contributed by atoms with E-state index in [1.54, 1.807) is 0 Å². The van der Waals surface area contributed by atoms with Crippen LogP contribution < -0.4 is 0 Å². The third-order valence-electron chi connectivity index (χ3n) is 3.16. The first-order chi connectivity index (χ1) is 5.23. The van der Waals surface area contributed by atoms with Gasteiger partial charge in [0, 0.05) is 23.7 Å². The minimum absolute atomic E-state index is 0.581. The zero-order valence-corrected chi connectivity index (χ0v) is 7.53. The molecule has 11 heavy (non-hydrogen) atoms. The fraction of sp³-hybridized carbons (Fsp3) is 0.778. The van der Waals surface area contributed by atoms with Crippen molar-refractivity contribution >= 4 is 11.6 Å². The number of hydrogen-bond donors (Lipinski definition) is 0. The Morgan fingerprint density at radius 3 is 2.45 bits per heavy atom. The lowest BCUT2D eigenvalue weighted by Gasteiger charge is -2.58. The van der Waals surface area contributed by atoms with Gasteiger partial charge < -0.3 is 0 Å². The Bertz CT molecular complexity index is 178. The second-order valence-electron chi connectivity index (χ2n) is 3.77. The summed E-state index contributed by atoms with van der Waals surface area (Å²) in [6.07, 6.45) is 5.57. The summed E-state index contributed by atoms with van der Waals surface area (Å²) in [5.74, 6) is 0. The van der Waals surface area contributed by atoms with Crippen molar-refractivity contribution in [3.8, 4) is 0 Å². The van der Waals surface area contributed by atoms with Crippen molar-refractivity contribution in [1.82, 2.24) is 4.90 Å². The Labute approximate surface area is 73.0 Å². The summed E-state index contributed by atoms with van der Waals surface area (Å²) >= 11 is 5.76. The zero-order valence-electron chi connectivity index (χ0n) is 6.77. The fourth-order valence-corrected chi connectivity index (χ4v) is 2.34. The Hall–Kier alpha value is -0.0100. The SMILES string of the molecule is C=C(Cl)CN1CCC12CCC2. The second-order valence-corrected chi connectivity index (χ2v) is 4.30. The molecule has 2 aliphatic rings. The highest BCUT2D eigenvalue weighted by Crippen LogP contribution is 2.47. The van der Waals surface area contributed by atoms with Gasteiger partial charge >= 0.3 is 0 Å². The van der Waals surface area contributed by atoms with Gasteiger partial charge in [-0.3, -0.25) is 4.90 Å². The lowest BCUT2D eigenvalue weighted by atomic mass is 9.68. The van der Waals surface area contributed by atoms with Gasteiger partial charge in [-0.15, -0.1) is 0 Å². The molecular weight excluding hydrogens is 158 g/mol. The minimum Gasteiger partial charge on any atom is -0.292 e. The third-order valence-corrected chi connectivity index (χ3v) is 3.28. The molecule has 0 unspecified atom stereocenters. The van der Waals surface area contributed by atoms with Crippen molar-refractivity contribution in [2.24, 2.45) is 0 Å². The van der Waals surface area contributed by atoms with Crippen molar-refractivity contribution in [2.75, 3.05) is 13.1 Å². The highest BCUT2D eigenvalue weighted by atomic mass is 35.5. The minimum atomic E-state index is 0.581. The predicted molar refractivity (Wildman–Crippen MR) is 47.8 cm³/mol. The van der Waals surface area contributed by atoms with Gasteiger partial charge in [-0.25, -0.2) is 0 Å². The van der Waals surface area contributed by atoms with Gasteiger partial charge in [-0.1, -0.05) is 18.2 Å². The summed E-state index contributed by atoms with van der Waals surface area (Å²) in [5.41, 5.74) is 0.581. The highest BCUT2D eigenvalue weighted by Gasteiger charge is 2.48. The molecule has 1 saturated heterocycles. The summed E-state index contributed by atoms with van der Waals surface area (Å²) in [4.78, 5) is 2.48. The first-order valence-corrected chi connectivity index (χ1v) is 4.69. The van der Waals surface area contributed by atoms with Crippen LogP contribution in [0.3, 0.4) is 0 Å². The topological polar surface area (TPSA) is 3.24 Å². The van der Waals surface area contributed by atoms with Crippen LogP contribution in [0.25, 0.3) is 0 Å². The molecule has 0 aromatic carbocycles. The summed E-state index contributed by atoms with van der Waals surface area (Å²) in [6.45, 7) is 5.86. The number of halogens is 1. The van der Waals surface area contributed by atoms with E-state index in [1.807, 2.05) is 0 Å². The Morgan fingerprint density at radius 2 is 2.18 bits per heavy atom. The number of likely N-dealkylation sites (tertiary alicyclic amines) is 1. The Morgan fingerprint density at radius 1 is 1.45 bits per heavy atom. The average Bonchev–Trinajstić information content (AvgIpc) is 1.76. The standard InChI is InChI=1S/C9H14ClN/c1-8(10)7-11-6-5-9(11)3-2-4-9/h1-7H2. The van der Waals surface area contributed by atoms with Crippen LogP contribution in [0.2, 0.25) is 0 Å². The molecule has 1 spiro atoms. The largest absolute Gasteiger partial charge is 0.292 e. The third kappa shape index (κ3) is 1.11. The van der Waals surface area contributed by atoms with Crippen molar-refractivity contribution in [3.05, 3.63) is 11.6 Å². The molecule has 0 N–H and O–H groups in total. The molecule has 62 valence electrons. The molecule has 0 radical (unpaired) electrons. The zero-order chi connectivity index (χ0) is 7.90. The van der Waals surface area contributed by atoms with E-state index in [4.69, 9.17) is 11.6 Å². The van der Waals surface area contributed by atoms with Crippen LogP contribution in [0.15, 0.2) is 11.6 Å². The summed E-state index contributed by atoms with van der Waals surface area (Å²) < 4.78 is 0. The number of hydrogen-bond acceptors (Lipinski definition) is 1. The first-order valence-electron chi connectivity index (χ1n) is 4.31. The van der Waals surface area contributed by atoms with Gasteiger partial charge in [0.25, 0.3) is 0 Å². The fourth-order valence-electron chi connectivity index (χ4n) is 2.19. The molecule has 0 amide bonds. The molecule has 2 rings (SSSR count). The van der Waals surface area contributed by atoms with Gasteiger partial charge in [0.2, 0.25) is 0 Å². The van der Waals surface area contributed by atoms with Gasteiger partial charge in [0.1, 0.15) is 0 Å². The molecule has 0 bridgehead atoms. The van der Waals surface area contributed by atoms with E-state index in [2.05, 4.69) is 11.5 Å². The van der Waals surface area contributed by atoms with Crippen molar-refractivity contribution in [1.29, 1.82) is 0 Å². The molecule has 2 heteroatoms. The maximum atomic E-state index is 5.76. The Balaban J connectivity index is 1.90. The van der Waals surface area contributed by atoms with E-state index in [-0.39, 0.29) is 0 Å². The summed E-state index contributed by atoms with van der Waals surface area (Å²) in [5, 5.41) is 0.788. The maximum Gasteiger partial charge on any atom is 0.0341 e. The second kappa shape index (κ2) is 2.49. The van der Waals surface area contributed by atoms with Crippen LogP contribution in [-0.4, -0.2) is 23.5 Å². The molecule has 0 atom stereocenters. The quantitative estimate of drug-likeness (QED) is 0.617. The highest BCUT2D eigenvalue weighted by molar-refractivity contribution is 6.29. The van der Waals surface area contributed by atoms with Gasteiger partial charge in [0.05, 0.1) is 0 Å². The van der Waals surface area contributed by atoms with Crippen LogP contribution in [0, 0.1) is 0 Å². The van der Waals surface area contributed by atoms with Crippen LogP contribution in [-0.2, 0) is 0 Å². The molecule has 1 nitrogen and oxygen atoms in total. The van der Waals surface area contributed by atoms with Crippen LogP contribution >= 0.6 is 11.6 Å². The van der Waals surface area contributed by atoms with Gasteiger partial charge in [0.15, 0.2) is 0 Å². The summed E-state index contributed by atoms with van der Waals surface area (Å²) in [7, 11) is 0. The van der Waals surface area contributed by atoms with E-state index in [1.165, 1.54) is 32.2 Å². The molecule has 2 fully saturated rings. The lowest BCUT2D eigenvalue weighted by molar-refractivity contribution is -0.0646. The molecule has 1 aliphatic carbocycles. The molecule has 1 aliphatic heterocycles. The maximum absolute atomic E-state index is 5.76. The molecule has 0 aromatic rings. The van der Waals surface area contributed by atoms with Gasteiger partial charge in [-0.2, -0.15) is 0 Å². The average molecular weight is 172 g/mol. The van der Waals surface area contributed by atoms with Crippen molar-refractivity contribution in [2.45, 2.75) is 31.2 Å². The molecular formula is C9H14ClN. The summed E-state index contributed by atoms with van der Waals surface area (Å²) in [6, 6.07) is 0. The lowest BCUT2D eigenvalue weighted by Crippen LogP contribution is -2.63. The van der Waals surface area contributed by atoms with Crippen molar-refractivity contribution < 1.29 is 0 Å². The smallest absolute Gasteiger partial charge is 0.0341 e. The van der Waals surface area contributed by atoms with Gasteiger partial charge in [-0.05, 0) is 25.7 Å². The normalized spacial score (nSPS) is 27.7. The molecule has 1 heterocycles. The van der Waals surface area contributed by atoms with E-state index >= 15 is 0 Å². The first kappa shape index (κ1) is 7.63. The van der Waals surface area contributed by atoms with Crippen LogP contribution in [0.1, 0.15) is 25.7 Å². The number of nitrogens with zero attached hydrogens (tertiary/aromatic N) is 1. The number of rotatable bonds is 2. The van der Waals surface area contributed by atoms with E-state index in [0.717, 1.165) is 11.6 Å². The molecule has 0 aromatic heterocycles. The van der Waals surface area contributed by atoms with E-state index < -0.39 is 0 Å². The Kier molecular flexibility index (Phi) is 1.73. The van der Waals surface area contributed by atoms with Crippen LogP contribution in [0.5, 0.6) is 0 Å².